The van der Waals surface area contributed by atoms with Crippen molar-refractivity contribution in [1.29, 1.82) is 0 Å². The maximum atomic E-state index is 13.6. The molecule has 5 nitrogen and oxygen atoms in total. The van der Waals surface area contributed by atoms with E-state index in [0.29, 0.717) is 0 Å². The van der Waals surface area contributed by atoms with Crippen LogP contribution in [0.1, 0.15) is 36.2 Å². The zero-order chi connectivity index (χ0) is 22.1. The van der Waals surface area contributed by atoms with Crippen molar-refractivity contribution in [3.63, 3.8) is 0 Å². The fourth-order valence-electron chi connectivity index (χ4n) is 4.31. The average molecular weight is 432 g/mol. The van der Waals surface area contributed by atoms with Crippen molar-refractivity contribution in [2.24, 2.45) is 0 Å². The van der Waals surface area contributed by atoms with Gasteiger partial charge in [0.2, 0.25) is 0 Å². The van der Waals surface area contributed by atoms with Crippen molar-refractivity contribution in [2.75, 3.05) is 0 Å². The molecule has 1 aliphatic heterocycles. The molecule has 1 N–H and O–H groups in total. The number of pyridine rings is 1. The standard InChI is InChI=1S/C25H21NO4S/c1-13-6-5-7-15(10-13)31-22-21(27)20-18(30-24(22)29)12-19-25(3,4)16-11-14(2)8-9-17(16)26(19)23(20)28/h5-12,27H,1-4H3. The molecule has 0 aliphatic carbocycles. The van der Waals surface area contributed by atoms with Crippen LogP contribution in [0.4, 0.5) is 0 Å². The van der Waals surface area contributed by atoms with Gasteiger partial charge in [-0.25, -0.2) is 4.79 Å². The van der Waals surface area contributed by atoms with Crippen molar-refractivity contribution in [3.05, 3.63) is 91.7 Å². The Morgan fingerprint density at radius 3 is 2.48 bits per heavy atom. The third-order valence-corrected chi connectivity index (χ3v) is 6.98. The van der Waals surface area contributed by atoms with Crippen molar-refractivity contribution in [2.45, 2.75) is 42.9 Å². The highest BCUT2D eigenvalue weighted by atomic mass is 32.2. The van der Waals surface area contributed by atoms with E-state index >= 15 is 0 Å². The number of aryl methyl sites for hydroxylation is 2. The summed E-state index contributed by atoms with van der Waals surface area (Å²) in [6.07, 6.45) is 0. The molecule has 0 unspecified atom stereocenters. The van der Waals surface area contributed by atoms with Gasteiger partial charge in [0, 0.05) is 22.1 Å². The number of hydrogen-bond donors (Lipinski definition) is 1. The SMILES string of the molecule is Cc1cccc(Sc2c(O)c3c(=O)n4c(cc3oc2=O)C(C)(C)c2cc(C)ccc2-4)c1. The Morgan fingerprint density at radius 2 is 1.74 bits per heavy atom. The summed E-state index contributed by atoms with van der Waals surface area (Å²) in [4.78, 5) is 27.1. The van der Waals surface area contributed by atoms with Crippen molar-refractivity contribution in [3.8, 4) is 11.4 Å². The van der Waals surface area contributed by atoms with Crippen LogP contribution in [-0.2, 0) is 5.41 Å². The predicted octanol–water partition coefficient (Wildman–Crippen LogP) is 5.06. The molecule has 2 aromatic carbocycles. The van der Waals surface area contributed by atoms with Crippen molar-refractivity contribution >= 4 is 22.7 Å². The van der Waals surface area contributed by atoms with E-state index in [-0.39, 0.29) is 21.6 Å². The molecule has 3 heterocycles. The van der Waals surface area contributed by atoms with E-state index in [4.69, 9.17) is 4.42 Å². The molecule has 31 heavy (non-hydrogen) atoms. The van der Waals surface area contributed by atoms with E-state index in [1.54, 1.807) is 10.6 Å². The predicted molar refractivity (Wildman–Crippen MR) is 122 cm³/mol. The molecule has 1 aliphatic rings. The minimum Gasteiger partial charge on any atom is -0.505 e. The Kier molecular flexibility index (Phi) is 4.21. The van der Waals surface area contributed by atoms with Crippen molar-refractivity contribution in [1.82, 2.24) is 4.57 Å². The van der Waals surface area contributed by atoms with Crippen LogP contribution in [0.2, 0.25) is 0 Å². The highest BCUT2D eigenvalue weighted by Crippen LogP contribution is 2.44. The first-order chi connectivity index (χ1) is 14.7. The van der Waals surface area contributed by atoms with E-state index < -0.39 is 16.6 Å². The minimum atomic E-state index is -0.662. The van der Waals surface area contributed by atoms with Crippen LogP contribution in [0.5, 0.6) is 5.75 Å². The van der Waals surface area contributed by atoms with Gasteiger partial charge in [-0.05, 0) is 37.6 Å². The number of aromatic nitrogens is 1. The van der Waals surface area contributed by atoms with Gasteiger partial charge < -0.3 is 9.52 Å². The molecule has 0 spiro atoms. The maximum absolute atomic E-state index is 13.6. The lowest BCUT2D eigenvalue weighted by atomic mass is 9.82. The van der Waals surface area contributed by atoms with E-state index in [1.165, 1.54) is 0 Å². The zero-order valence-electron chi connectivity index (χ0n) is 17.6. The van der Waals surface area contributed by atoms with Crippen molar-refractivity contribution < 1.29 is 9.52 Å². The summed E-state index contributed by atoms with van der Waals surface area (Å²) in [5.74, 6) is -0.337. The summed E-state index contributed by atoms with van der Waals surface area (Å²) in [6.45, 7) is 8.03. The molecule has 5 rings (SSSR count). The van der Waals surface area contributed by atoms with Crippen LogP contribution in [0, 0.1) is 13.8 Å². The Balaban J connectivity index is 1.80. The second kappa shape index (κ2) is 6.62. The molecule has 0 bridgehead atoms. The molecule has 2 aromatic heterocycles. The lowest BCUT2D eigenvalue weighted by Crippen LogP contribution is -2.24. The van der Waals surface area contributed by atoms with E-state index in [9.17, 15) is 14.7 Å². The summed E-state index contributed by atoms with van der Waals surface area (Å²) in [6, 6.07) is 15.2. The summed E-state index contributed by atoms with van der Waals surface area (Å²) in [5.41, 5.74) is 3.27. The average Bonchev–Trinajstić information content (AvgIpc) is 2.92. The smallest absolute Gasteiger partial charge is 0.354 e. The lowest BCUT2D eigenvalue weighted by Gasteiger charge is -2.20. The maximum Gasteiger partial charge on any atom is 0.354 e. The number of fused-ring (bicyclic) bond motifs is 4. The van der Waals surface area contributed by atoms with E-state index in [2.05, 4.69) is 6.07 Å². The number of hydrogen-bond acceptors (Lipinski definition) is 5. The molecular weight excluding hydrogens is 410 g/mol. The lowest BCUT2D eigenvalue weighted by molar-refractivity contribution is 0.445. The molecule has 156 valence electrons. The highest BCUT2D eigenvalue weighted by molar-refractivity contribution is 7.99. The van der Waals surface area contributed by atoms with Gasteiger partial charge in [0.05, 0.1) is 5.69 Å². The minimum absolute atomic E-state index is 0.0112. The molecule has 6 heteroatoms. The fourth-order valence-corrected chi connectivity index (χ4v) is 5.26. The Labute approximate surface area is 183 Å². The van der Waals surface area contributed by atoms with Crippen LogP contribution >= 0.6 is 11.8 Å². The van der Waals surface area contributed by atoms with Crippen LogP contribution in [0.3, 0.4) is 0 Å². The quantitative estimate of drug-likeness (QED) is 0.480. The van der Waals surface area contributed by atoms with Crippen LogP contribution in [0.15, 0.2) is 72.3 Å². The zero-order valence-corrected chi connectivity index (χ0v) is 18.5. The largest absolute Gasteiger partial charge is 0.505 e. The van der Waals surface area contributed by atoms with Gasteiger partial charge in [-0.15, -0.1) is 0 Å². The fraction of sp³-hybridized carbons (Fsp3) is 0.200. The summed E-state index contributed by atoms with van der Waals surface area (Å²) >= 11 is 1.09. The first-order valence-electron chi connectivity index (χ1n) is 10.0. The molecule has 0 saturated carbocycles. The monoisotopic (exact) mass is 431 g/mol. The van der Waals surface area contributed by atoms with Gasteiger partial charge in [0.1, 0.15) is 15.9 Å². The molecule has 0 amide bonds. The van der Waals surface area contributed by atoms with Gasteiger partial charge in [-0.2, -0.15) is 0 Å². The number of nitrogens with zero attached hydrogens (tertiary/aromatic N) is 1. The van der Waals surface area contributed by atoms with Crippen LogP contribution in [-0.4, -0.2) is 9.67 Å². The van der Waals surface area contributed by atoms with Gasteiger partial charge in [0.25, 0.3) is 5.56 Å². The second-order valence-corrected chi connectivity index (χ2v) is 9.62. The number of benzene rings is 2. The molecule has 0 saturated heterocycles. The topological polar surface area (TPSA) is 72.4 Å². The number of aromatic hydroxyl groups is 1. The Morgan fingerprint density at radius 1 is 1.00 bits per heavy atom. The normalized spacial score (nSPS) is 13.9. The first-order valence-corrected chi connectivity index (χ1v) is 10.8. The summed E-state index contributed by atoms with van der Waals surface area (Å²) in [7, 11) is 0. The second-order valence-electron chi connectivity index (χ2n) is 8.54. The van der Waals surface area contributed by atoms with Gasteiger partial charge in [-0.3, -0.25) is 9.36 Å². The molecule has 0 atom stereocenters. The highest BCUT2D eigenvalue weighted by Gasteiger charge is 2.38. The number of rotatable bonds is 2. The summed E-state index contributed by atoms with van der Waals surface area (Å²) in [5, 5.41) is 11.0. The first kappa shape index (κ1) is 19.7. The molecular formula is C25H21NO4S. The van der Waals surface area contributed by atoms with Gasteiger partial charge >= 0.3 is 5.63 Å². The van der Waals surface area contributed by atoms with Crippen LogP contribution in [0.25, 0.3) is 16.7 Å². The third kappa shape index (κ3) is 2.86. The third-order valence-electron chi connectivity index (χ3n) is 5.93. The van der Waals surface area contributed by atoms with Crippen LogP contribution < -0.4 is 11.2 Å². The molecule has 0 radical (unpaired) electrons. The van der Waals surface area contributed by atoms with Gasteiger partial charge in [-0.1, -0.05) is 61.0 Å². The molecule has 4 aromatic rings. The Hall–Kier alpha value is -3.25. The van der Waals surface area contributed by atoms with E-state index in [1.807, 2.05) is 64.1 Å². The van der Waals surface area contributed by atoms with Gasteiger partial charge in [0.15, 0.2) is 5.75 Å². The summed E-state index contributed by atoms with van der Waals surface area (Å²) < 4.78 is 7.17. The molecule has 0 fully saturated rings. The van der Waals surface area contributed by atoms with E-state index in [0.717, 1.165) is 44.7 Å². The Bertz CT molecular complexity index is 1510.